The number of nitrogens with one attached hydrogen (secondary N) is 2. The van der Waals surface area contributed by atoms with E-state index in [0.29, 0.717) is 11.7 Å². The van der Waals surface area contributed by atoms with Gasteiger partial charge in [-0.25, -0.2) is 0 Å². The van der Waals surface area contributed by atoms with Crippen molar-refractivity contribution in [2.45, 2.75) is 25.7 Å². The summed E-state index contributed by atoms with van der Waals surface area (Å²) in [5.41, 5.74) is 0.703. The molecule has 1 aromatic heterocycles. The molecule has 0 aliphatic heterocycles. The Labute approximate surface area is 139 Å². The molecule has 0 bridgehead atoms. The first kappa shape index (κ1) is 16.2. The lowest BCUT2D eigenvalue weighted by Gasteiger charge is -2.05. The summed E-state index contributed by atoms with van der Waals surface area (Å²) in [6.45, 7) is 0.733. The molecule has 0 spiro atoms. The highest BCUT2D eigenvalue weighted by atomic mass is 16.5. The second-order valence-corrected chi connectivity index (χ2v) is 5.93. The van der Waals surface area contributed by atoms with Gasteiger partial charge in [0.2, 0.25) is 5.91 Å². The Bertz CT molecular complexity index is 766. The van der Waals surface area contributed by atoms with E-state index in [-0.39, 0.29) is 30.0 Å². The van der Waals surface area contributed by atoms with Crippen molar-refractivity contribution in [1.82, 2.24) is 20.5 Å². The van der Waals surface area contributed by atoms with E-state index in [4.69, 9.17) is 4.74 Å². The van der Waals surface area contributed by atoms with Crippen LogP contribution in [0.4, 0.5) is 0 Å². The van der Waals surface area contributed by atoms with E-state index in [0.717, 1.165) is 17.9 Å². The third kappa shape index (κ3) is 4.18. The fourth-order valence-corrected chi connectivity index (χ4v) is 2.30. The van der Waals surface area contributed by atoms with E-state index in [1.54, 1.807) is 31.4 Å². The molecule has 0 unspecified atom stereocenters. The number of carbonyl (C=O) groups excluding carboxylic acids is 1. The Balaban J connectivity index is 1.61. The molecule has 24 heavy (non-hydrogen) atoms. The van der Waals surface area contributed by atoms with Gasteiger partial charge in [0.1, 0.15) is 11.4 Å². The second-order valence-electron chi connectivity index (χ2n) is 5.93. The maximum Gasteiger partial charge on any atom is 0.273 e. The molecule has 2 N–H and O–H groups in total. The number of ether oxygens (including phenoxy) is 1. The lowest BCUT2D eigenvalue weighted by molar-refractivity contribution is -0.121. The number of carbonyl (C=O) groups is 1. The Kier molecular flexibility index (Phi) is 4.88. The average molecular weight is 328 g/mol. The van der Waals surface area contributed by atoms with E-state index in [1.165, 1.54) is 12.8 Å². The van der Waals surface area contributed by atoms with Crippen molar-refractivity contribution in [2.24, 2.45) is 5.92 Å². The van der Waals surface area contributed by atoms with Gasteiger partial charge in [0, 0.05) is 24.9 Å². The van der Waals surface area contributed by atoms with Crippen molar-refractivity contribution in [3.05, 3.63) is 40.3 Å². The molecule has 1 heterocycles. The summed E-state index contributed by atoms with van der Waals surface area (Å²) in [6, 6.07) is 7.16. The molecular weight excluding hydrogens is 308 g/mol. The third-order valence-electron chi connectivity index (χ3n) is 4.00. The van der Waals surface area contributed by atoms with Crippen LogP contribution >= 0.6 is 0 Å². The molecular formula is C17H20N4O3. The molecule has 1 aliphatic rings. The highest BCUT2D eigenvalue weighted by Gasteiger charge is 2.21. The highest BCUT2D eigenvalue weighted by molar-refractivity contribution is 5.76. The molecule has 1 aliphatic carbocycles. The summed E-state index contributed by atoms with van der Waals surface area (Å²) in [5, 5.41) is 10.9. The minimum atomic E-state index is -0.314. The number of aromatic nitrogens is 3. The molecule has 0 radical (unpaired) electrons. The summed E-state index contributed by atoms with van der Waals surface area (Å²) in [7, 11) is 1.59. The van der Waals surface area contributed by atoms with Crippen LogP contribution in [-0.2, 0) is 11.2 Å². The first-order valence-electron chi connectivity index (χ1n) is 8.02. The Morgan fingerprint density at radius 2 is 2.04 bits per heavy atom. The van der Waals surface area contributed by atoms with Crippen molar-refractivity contribution in [1.29, 1.82) is 0 Å². The zero-order valence-electron chi connectivity index (χ0n) is 13.5. The summed E-state index contributed by atoms with van der Waals surface area (Å²) in [6.07, 6.45) is 2.91. The molecule has 0 saturated heterocycles. The normalized spacial score (nSPS) is 13.5. The Hall–Kier alpha value is -2.70. The van der Waals surface area contributed by atoms with Gasteiger partial charge >= 0.3 is 0 Å². The minimum absolute atomic E-state index is 0.0534. The van der Waals surface area contributed by atoms with Crippen LogP contribution in [0.5, 0.6) is 5.75 Å². The molecule has 2 aromatic rings. The van der Waals surface area contributed by atoms with Crippen LogP contribution in [0.3, 0.4) is 0 Å². The molecule has 3 rings (SSSR count). The third-order valence-corrected chi connectivity index (χ3v) is 4.00. The number of methoxy groups -OCH3 is 1. The minimum Gasteiger partial charge on any atom is -0.497 e. The van der Waals surface area contributed by atoms with Crippen LogP contribution in [0.1, 0.15) is 25.0 Å². The van der Waals surface area contributed by atoms with E-state index in [2.05, 4.69) is 20.5 Å². The van der Waals surface area contributed by atoms with Gasteiger partial charge in [-0.05, 0) is 43.0 Å². The molecule has 7 nitrogen and oxygen atoms in total. The average Bonchev–Trinajstić information content (AvgIpc) is 3.43. The lowest BCUT2D eigenvalue weighted by atomic mass is 10.2. The van der Waals surface area contributed by atoms with E-state index >= 15 is 0 Å². The van der Waals surface area contributed by atoms with Gasteiger partial charge < -0.3 is 15.0 Å². The quantitative estimate of drug-likeness (QED) is 0.798. The maximum absolute atomic E-state index is 12.1. The van der Waals surface area contributed by atoms with Gasteiger partial charge in [-0.3, -0.25) is 9.59 Å². The van der Waals surface area contributed by atoms with E-state index in [1.807, 2.05) is 0 Å². The largest absolute Gasteiger partial charge is 0.497 e. The molecule has 1 saturated carbocycles. The number of nitrogens with zero attached hydrogens (tertiary/aromatic N) is 2. The van der Waals surface area contributed by atoms with Gasteiger partial charge in [-0.15, -0.1) is 10.2 Å². The number of aromatic amines is 1. The summed E-state index contributed by atoms with van der Waals surface area (Å²) >= 11 is 0. The van der Waals surface area contributed by atoms with Crippen molar-refractivity contribution in [3.63, 3.8) is 0 Å². The Morgan fingerprint density at radius 1 is 1.29 bits per heavy atom. The number of rotatable bonds is 7. The van der Waals surface area contributed by atoms with Crippen LogP contribution in [0, 0.1) is 5.92 Å². The molecule has 1 fully saturated rings. The van der Waals surface area contributed by atoms with E-state index in [9.17, 15) is 9.59 Å². The van der Waals surface area contributed by atoms with Gasteiger partial charge in [-0.2, -0.15) is 0 Å². The monoisotopic (exact) mass is 328 g/mol. The summed E-state index contributed by atoms with van der Waals surface area (Å²) < 4.78 is 5.09. The van der Waals surface area contributed by atoms with Gasteiger partial charge in [0.25, 0.3) is 5.56 Å². The van der Waals surface area contributed by atoms with E-state index < -0.39 is 0 Å². The smallest absolute Gasteiger partial charge is 0.273 e. The fraction of sp³-hybridized carbons (Fsp3) is 0.412. The van der Waals surface area contributed by atoms with Crippen molar-refractivity contribution in [2.75, 3.05) is 13.7 Å². The first-order chi connectivity index (χ1) is 11.7. The number of hydrogen-bond acceptors (Lipinski definition) is 5. The predicted molar refractivity (Wildman–Crippen MR) is 88.7 cm³/mol. The van der Waals surface area contributed by atoms with Crippen LogP contribution < -0.4 is 15.6 Å². The predicted octanol–water partition coefficient (Wildman–Crippen LogP) is 1.30. The van der Waals surface area contributed by atoms with Crippen LogP contribution in [0.2, 0.25) is 0 Å². The van der Waals surface area contributed by atoms with Crippen molar-refractivity contribution < 1.29 is 9.53 Å². The standard InChI is InChI=1S/C17H20N4O3/c1-24-13-6-4-12(5-7-13)16-19-17(23)14(20-21-16)8-9-15(22)18-10-11-2-3-11/h4-7,11H,2-3,8-10H2,1H3,(H,18,22)(H,19,21,23). The zero-order chi connectivity index (χ0) is 16.9. The van der Waals surface area contributed by atoms with Crippen molar-refractivity contribution >= 4 is 5.91 Å². The highest BCUT2D eigenvalue weighted by Crippen LogP contribution is 2.27. The van der Waals surface area contributed by atoms with Crippen molar-refractivity contribution in [3.8, 4) is 17.1 Å². The van der Waals surface area contributed by atoms with Gasteiger partial charge in [0.05, 0.1) is 7.11 Å². The number of hydrogen-bond donors (Lipinski definition) is 2. The molecule has 1 aromatic carbocycles. The number of aryl methyl sites for hydroxylation is 1. The molecule has 1 amide bonds. The topological polar surface area (TPSA) is 97.0 Å². The van der Waals surface area contributed by atoms with Crippen LogP contribution in [0.15, 0.2) is 29.1 Å². The van der Waals surface area contributed by atoms with Crippen LogP contribution in [0.25, 0.3) is 11.4 Å². The lowest BCUT2D eigenvalue weighted by Crippen LogP contribution is -2.27. The van der Waals surface area contributed by atoms with Gasteiger partial charge in [0.15, 0.2) is 5.82 Å². The maximum atomic E-state index is 12.1. The molecule has 126 valence electrons. The fourth-order valence-electron chi connectivity index (χ4n) is 2.30. The molecule has 7 heteroatoms. The SMILES string of the molecule is COc1ccc(-c2nnc(CCC(=O)NCC3CC3)c(=O)[nH]2)cc1. The van der Waals surface area contributed by atoms with Crippen LogP contribution in [-0.4, -0.2) is 34.7 Å². The number of amides is 1. The number of benzene rings is 1. The second kappa shape index (κ2) is 7.25. The van der Waals surface area contributed by atoms with Gasteiger partial charge in [-0.1, -0.05) is 0 Å². The Morgan fingerprint density at radius 3 is 2.67 bits per heavy atom. The number of H-pyrrole nitrogens is 1. The molecule has 0 atom stereocenters. The summed E-state index contributed by atoms with van der Waals surface area (Å²) in [4.78, 5) is 26.5. The summed E-state index contributed by atoms with van der Waals surface area (Å²) in [5.74, 6) is 1.70. The zero-order valence-corrected chi connectivity index (χ0v) is 13.5. The first-order valence-corrected chi connectivity index (χ1v) is 8.02.